The maximum atomic E-state index is 11.6. The van der Waals surface area contributed by atoms with Crippen molar-refractivity contribution in [2.75, 3.05) is 7.11 Å². The van der Waals surface area contributed by atoms with Crippen LogP contribution in [0.3, 0.4) is 0 Å². The molecule has 0 aliphatic heterocycles. The number of fused-ring (bicyclic) bond motifs is 1. The van der Waals surface area contributed by atoms with Gasteiger partial charge in [-0.05, 0) is 17.5 Å². The predicted octanol–water partition coefficient (Wildman–Crippen LogP) is 1.50. The number of ether oxygens (including phenoxy) is 1. The van der Waals surface area contributed by atoms with E-state index in [1.807, 2.05) is 12.3 Å². The molecule has 0 aliphatic carbocycles. The minimum absolute atomic E-state index is 0.174. The fourth-order valence-corrected chi connectivity index (χ4v) is 1.64. The van der Waals surface area contributed by atoms with Crippen LogP contribution in [0.5, 0.6) is 0 Å². The van der Waals surface area contributed by atoms with Gasteiger partial charge in [0.2, 0.25) is 0 Å². The van der Waals surface area contributed by atoms with Crippen molar-refractivity contribution in [1.82, 2.24) is 14.6 Å². The molecular weight excluding hydrogens is 333 g/mol. The number of hydrogen-bond donors (Lipinski definition) is 1. The van der Waals surface area contributed by atoms with Crippen molar-refractivity contribution < 1.29 is 4.74 Å². The summed E-state index contributed by atoms with van der Waals surface area (Å²) in [5.41, 5.74) is 1.56. The summed E-state index contributed by atoms with van der Waals surface area (Å²) in [6.45, 7) is 4.55. The van der Waals surface area contributed by atoms with Crippen LogP contribution in [-0.2, 0) is 11.3 Å². The quantitative estimate of drug-likeness (QED) is 0.912. The molecule has 0 fully saturated rings. The molecule has 0 amide bonds. The summed E-state index contributed by atoms with van der Waals surface area (Å²) in [7, 11) is 1.60. The molecule has 0 aliphatic rings. The predicted molar refractivity (Wildman–Crippen MR) is 72.2 cm³/mol. The number of nitrogens with one attached hydrogen (secondary N) is 1. The van der Waals surface area contributed by atoms with Gasteiger partial charge in [0, 0.05) is 13.3 Å². The Labute approximate surface area is 121 Å². The summed E-state index contributed by atoms with van der Waals surface area (Å²) in [6.07, 6.45) is 1.94. The Morgan fingerprint density at radius 3 is 2.72 bits per heavy atom. The van der Waals surface area contributed by atoms with E-state index in [-0.39, 0.29) is 5.56 Å². The first kappa shape index (κ1) is 15.3. The Bertz CT molecular complexity index is 560. The van der Waals surface area contributed by atoms with E-state index in [1.165, 1.54) is 24.4 Å². The van der Waals surface area contributed by atoms with Crippen LogP contribution in [-0.4, -0.2) is 46.1 Å². The van der Waals surface area contributed by atoms with Gasteiger partial charge >= 0.3 is 29.1 Å². The molecule has 0 bridgehead atoms. The second-order valence-corrected chi connectivity index (χ2v) is 4.09. The van der Waals surface area contributed by atoms with E-state index in [2.05, 4.69) is 28.7 Å². The van der Waals surface area contributed by atoms with E-state index in [1.54, 1.807) is 11.5 Å². The van der Waals surface area contributed by atoms with Gasteiger partial charge in [-0.2, -0.15) is 5.10 Å². The summed E-state index contributed by atoms with van der Waals surface area (Å²) in [4.78, 5) is 11.6. The topological polar surface area (TPSA) is 59.4 Å². The third kappa shape index (κ3) is 3.17. The van der Waals surface area contributed by atoms with Crippen molar-refractivity contribution in [3.63, 3.8) is 0 Å². The molecule has 0 unspecified atom stereocenters. The average molecular weight is 351 g/mol. The Morgan fingerprint density at radius 1 is 1.50 bits per heavy atom. The maximum absolute atomic E-state index is 11.6. The normalized spacial score (nSPS) is 10.5. The fraction of sp³-hybridized carbons (Fsp3) is 0.500. The molecule has 0 aromatic carbocycles. The van der Waals surface area contributed by atoms with Gasteiger partial charge in [-0.25, -0.2) is 5.10 Å². The third-order valence-corrected chi connectivity index (χ3v) is 2.58. The molecule has 0 atom stereocenters. The van der Waals surface area contributed by atoms with E-state index >= 15 is 0 Å². The second kappa shape index (κ2) is 6.99. The Morgan fingerprint density at radius 2 is 2.17 bits per heavy atom. The molecule has 2 rings (SSSR count). The van der Waals surface area contributed by atoms with Crippen LogP contribution >= 0.6 is 0 Å². The van der Waals surface area contributed by atoms with Crippen LogP contribution in [0.4, 0.5) is 0 Å². The molecule has 6 heteroatoms. The second-order valence-electron chi connectivity index (χ2n) is 4.09. The molecule has 96 valence electrons. The van der Waals surface area contributed by atoms with E-state index in [0.29, 0.717) is 23.9 Å². The standard InChI is InChI=1S/C11H15N3O2.CH3.In/c1-7(2)8-4-9-11(15)13-12-10(6-16-3)14(9)5-8;;/h4-5,7H,6H2,1-3H3,(H,13,15);1H3;. The zero-order valence-electron chi connectivity index (χ0n) is 11.2. The number of aromatic nitrogens is 3. The molecule has 2 radical (unpaired) electrons. The van der Waals surface area contributed by atoms with Crippen molar-refractivity contribution in [3.05, 3.63) is 34.0 Å². The third-order valence-electron chi connectivity index (χ3n) is 2.58. The number of nitrogens with zero attached hydrogens (tertiary/aromatic N) is 2. The first-order chi connectivity index (χ1) is 8.63. The number of aromatic amines is 1. The number of hydrogen-bond acceptors (Lipinski definition) is 3. The monoisotopic (exact) mass is 351 g/mol. The average Bonchev–Trinajstić information content (AvgIpc) is 2.82. The van der Waals surface area contributed by atoms with Crippen LogP contribution in [0.2, 0.25) is 4.68 Å². The first-order valence-electron chi connectivity index (χ1n) is 5.79. The van der Waals surface area contributed by atoms with Gasteiger partial charge in [0.05, 0.1) is 0 Å². The molecule has 5 nitrogen and oxygen atoms in total. The van der Waals surface area contributed by atoms with Gasteiger partial charge in [0.1, 0.15) is 12.1 Å². The van der Waals surface area contributed by atoms with Gasteiger partial charge in [-0.15, -0.1) is 0 Å². The molecule has 1 N–H and O–H groups in total. The van der Waals surface area contributed by atoms with Crippen molar-refractivity contribution in [1.29, 1.82) is 0 Å². The van der Waals surface area contributed by atoms with Crippen molar-refractivity contribution in [2.24, 2.45) is 0 Å². The van der Waals surface area contributed by atoms with Gasteiger partial charge in [0.15, 0.2) is 5.82 Å². The van der Waals surface area contributed by atoms with Crippen LogP contribution in [0.15, 0.2) is 17.1 Å². The van der Waals surface area contributed by atoms with Crippen molar-refractivity contribution >= 4 is 29.9 Å². The van der Waals surface area contributed by atoms with Crippen LogP contribution in [0.25, 0.3) is 5.52 Å². The molecular formula is C12H18InN3O2. The molecule has 18 heavy (non-hydrogen) atoms. The van der Waals surface area contributed by atoms with E-state index in [4.69, 9.17) is 4.74 Å². The van der Waals surface area contributed by atoms with Crippen LogP contribution < -0.4 is 5.56 Å². The zero-order valence-corrected chi connectivity index (χ0v) is 14.5. The SMILES string of the molecule is COCc1n[nH]c(=O)c2cc(C(C)C)cn12.[CH3][In]. The van der Waals surface area contributed by atoms with E-state index < -0.39 is 0 Å². The summed E-state index contributed by atoms with van der Waals surface area (Å²) in [6, 6.07) is 1.89. The van der Waals surface area contributed by atoms with Crippen LogP contribution in [0.1, 0.15) is 31.2 Å². The Hall–Kier alpha value is -0.750. The molecule has 2 heterocycles. The summed E-state index contributed by atoms with van der Waals surface area (Å²) in [5, 5.41) is 6.44. The zero-order chi connectivity index (χ0) is 13.7. The van der Waals surface area contributed by atoms with Gasteiger partial charge < -0.3 is 4.74 Å². The Balaban J connectivity index is 0.000000771. The first-order valence-corrected chi connectivity index (χ1v) is 9.09. The van der Waals surface area contributed by atoms with Crippen LogP contribution in [0, 0.1) is 0 Å². The van der Waals surface area contributed by atoms with E-state index in [0.717, 1.165) is 5.56 Å². The summed E-state index contributed by atoms with van der Waals surface area (Å²) >= 11 is 1.35. The summed E-state index contributed by atoms with van der Waals surface area (Å²) < 4.78 is 8.96. The molecule has 2 aromatic heterocycles. The Kier molecular flexibility index (Phi) is 5.95. The van der Waals surface area contributed by atoms with Crippen molar-refractivity contribution in [2.45, 2.75) is 31.1 Å². The van der Waals surface area contributed by atoms with Gasteiger partial charge in [-0.3, -0.25) is 9.20 Å². The summed E-state index contributed by atoms with van der Waals surface area (Å²) in [5.74, 6) is 1.08. The molecule has 0 saturated heterocycles. The van der Waals surface area contributed by atoms with Gasteiger partial charge in [0.25, 0.3) is 5.56 Å². The molecule has 0 spiro atoms. The number of H-pyrrole nitrogens is 1. The van der Waals surface area contributed by atoms with Crippen molar-refractivity contribution in [3.8, 4) is 0 Å². The van der Waals surface area contributed by atoms with E-state index in [9.17, 15) is 4.79 Å². The number of methoxy groups -OCH3 is 1. The molecule has 0 saturated carbocycles. The molecule has 2 aromatic rings. The van der Waals surface area contributed by atoms with Gasteiger partial charge in [-0.1, -0.05) is 13.8 Å². The minimum atomic E-state index is -0.174. The number of rotatable bonds is 3. The fourth-order valence-electron chi connectivity index (χ4n) is 1.64.